The number of carboxylic acid groups (broad SMARTS) is 1. The Morgan fingerprint density at radius 2 is 2.43 bits per heavy atom. The highest BCUT2D eigenvalue weighted by atomic mass is 16.5. The molecule has 0 aromatic rings. The Bertz CT molecular complexity index is 208. The predicted octanol–water partition coefficient (Wildman–Crippen LogP) is 1.01. The van der Waals surface area contributed by atoms with Crippen molar-refractivity contribution < 1.29 is 14.6 Å². The zero-order valence-electron chi connectivity index (χ0n) is 8.88. The first-order valence-corrected chi connectivity index (χ1v) is 5.07. The molecule has 0 aromatic heterocycles. The number of carboxylic acids is 1. The van der Waals surface area contributed by atoms with Gasteiger partial charge in [0, 0.05) is 19.3 Å². The fourth-order valence-corrected chi connectivity index (χ4v) is 2.02. The van der Waals surface area contributed by atoms with Crippen molar-refractivity contribution in [2.45, 2.75) is 44.2 Å². The van der Waals surface area contributed by atoms with Gasteiger partial charge in [-0.15, -0.1) is 0 Å². The normalized spacial score (nSPS) is 32.0. The molecule has 1 fully saturated rings. The lowest BCUT2D eigenvalue weighted by molar-refractivity contribution is -0.139. The molecule has 2 atom stereocenters. The van der Waals surface area contributed by atoms with Crippen LogP contribution in [0.2, 0.25) is 0 Å². The summed E-state index contributed by atoms with van der Waals surface area (Å²) < 4.78 is 4.98. The van der Waals surface area contributed by atoms with Crippen molar-refractivity contribution in [2.24, 2.45) is 0 Å². The summed E-state index contributed by atoms with van der Waals surface area (Å²) in [7, 11) is 1.68. The van der Waals surface area contributed by atoms with Crippen LogP contribution in [0.4, 0.5) is 0 Å². The molecule has 0 aromatic carbocycles. The van der Waals surface area contributed by atoms with E-state index in [9.17, 15) is 4.79 Å². The molecular formula is C10H19NO3. The summed E-state index contributed by atoms with van der Waals surface area (Å²) in [5, 5.41) is 12.0. The SMILES string of the molecule is COCCCC1(C)CCC(C(=O)O)N1. The molecule has 82 valence electrons. The molecule has 0 bridgehead atoms. The van der Waals surface area contributed by atoms with Gasteiger partial charge in [-0.1, -0.05) is 0 Å². The lowest BCUT2D eigenvalue weighted by Gasteiger charge is -2.24. The third-order valence-electron chi connectivity index (χ3n) is 2.88. The highest BCUT2D eigenvalue weighted by Crippen LogP contribution is 2.27. The summed E-state index contributed by atoms with van der Waals surface area (Å²) in [5.74, 6) is -0.736. The smallest absolute Gasteiger partial charge is 0.320 e. The van der Waals surface area contributed by atoms with E-state index in [2.05, 4.69) is 12.2 Å². The number of hydrogen-bond donors (Lipinski definition) is 2. The number of nitrogens with one attached hydrogen (secondary N) is 1. The second-order valence-corrected chi connectivity index (χ2v) is 4.23. The highest BCUT2D eigenvalue weighted by Gasteiger charge is 2.36. The van der Waals surface area contributed by atoms with Gasteiger partial charge in [-0.25, -0.2) is 0 Å². The van der Waals surface area contributed by atoms with Gasteiger partial charge in [0.1, 0.15) is 6.04 Å². The van der Waals surface area contributed by atoms with Gasteiger partial charge < -0.3 is 9.84 Å². The van der Waals surface area contributed by atoms with Crippen LogP contribution in [0.1, 0.15) is 32.6 Å². The number of methoxy groups -OCH3 is 1. The van der Waals surface area contributed by atoms with Crippen LogP contribution in [0, 0.1) is 0 Å². The number of aliphatic carboxylic acids is 1. The van der Waals surface area contributed by atoms with Gasteiger partial charge in [-0.2, -0.15) is 0 Å². The zero-order valence-corrected chi connectivity index (χ0v) is 8.88. The number of carbonyl (C=O) groups is 1. The maximum absolute atomic E-state index is 10.7. The standard InChI is InChI=1S/C10H19NO3/c1-10(5-3-7-14-2)6-4-8(11-10)9(12)13/h8,11H,3-7H2,1-2H3,(H,12,13). The minimum Gasteiger partial charge on any atom is -0.480 e. The third kappa shape index (κ3) is 2.96. The average molecular weight is 201 g/mol. The van der Waals surface area contributed by atoms with E-state index < -0.39 is 5.97 Å². The van der Waals surface area contributed by atoms with Crippen LogP contribution in [0.3, 0.4) is 0 Å². The Morgan fingerprint density at radius 1 is 1.71 bits per heavy atom. The molecule has 1 aliphatic rings. The van der Waals surface area contributed by atoms with Crippen molar-refractivity contribution >= 4 is 5.97 Å². The topological polar surface area (TPSA) is 58.6 Å². The summed E-state index contributed by atoms with van der Waals surface area (Å²) in [6.45, 7) is 2.83. The molecule has 1 heterocycles. The summed E-state index contributed by atoms with van der Waals surface area (Å²) in [4.78, 5) is 10.7. The Hall–Kier alpha value is -0.610. The van der Waals surface area contributed by atoms with Crippen LogP contribution in [0.25, 0.3) is 0 Å². The first-order chi connectivity index (χ1) is 6.57. The van der Waals surface area contributed by atoms with Gasteiger partial charge in [0.2, 0.25) is 0 Å². The van der Waals surface area contributed by atoms with Crippen LogP contribution in [-0.2, 0) is 9.53 Å². The van der Waals surface area contributed by atoms with Gasteiger partial charge in [0.25, 0.3) is 0 Å². The maximum atomic E-state index is 10.7. The van der Waals surface area contributed by atoms with E-state index in [4.69, 9.17) is 9.84 Å². The Balaban J connectivity index is 2.33. The Morgan fingerprint density at radius 3 is 2.93 bits per heavy atom. The molecule has 0 aliphatic carbocycles. The lowest BCUT2D eigenvalue weighted by Crippen LogP contribution is -2.43. The maximum Gasteiger partial charge on any atom is 0.320 e. The molecule has 0 radical (unpaired) electrons. The Labute approximate surface area is 84.6 Å². The van der Waals surface area contributed by atoms with E-state index in [0.29, 0.717) is 0 Å². The zero-order chi connectivity index (χ0) is 10.6. The lowest BCUT2D eigenvalue weighted by atomic mass is 9.94. The first kappa shape index (κ1) is 11.5. The van der Waals surface area contributed by atoms with E-state index in [1.54, 1.807) is 7.11 Å². The number of hydrogen-bond acceptors (Lipinski definition) is 3. The Kier molecular flexibility index (Phi) is 3.89. The third-order valence-corrected chi connectivity index (χ3v) is 2.88. The number of ether oxygens (including phenoxy) is 1. The second kappa shape index (κ2) is 4.75. The molecule has 1 aliphatic heterocycles. The number of rotatable bonds is 5. The molecule has 14 heavy (non-hydrogen) atoms. The molecule has 4 nitrogen and oxygen atoms in total. The van der Waals surface area contributed by atoms with Gasteiger partial charge in [-0.3, -0.25) is 10.1 Å². The molecule has 1 rings (SSSR count). The van der Waals surface area contributed by atoms with E-state index in [0.717, 1.165) is 32.3 Å². The second-order valence-electron chi connectivity index (χ2n) is 4.23. The van der Waals surface area contributed by atoms with E-state index in [1.807, 2.05) is 0 Å². The van der Waals surface area contributed by atoms with Crippen LogP contribution in [0.5, 0.6) is 0 Å². The summed E-state index contributed by atoms with van der Waals surface area (Å²) in [6.07, 6.45) is 3.63. The average Bonchev–Trinajstić information content (AvgIpc) is 2.49. The first-order valence-electron chi connectivity index (χ1n) is 5.07. The molecule has 0 amide bonds. The van der Waals surface area contributed by atoms with Gasteiger partial charge in [0.05, 0.1) is 0 Å². The highest BCUT2D eigenvalue weighted by molar-refractivity contribution is 5.74. The van der Waals surface area contributed by atoms with Crippen molar-refractivity contribution in [2.75, 3.05) is 13.7 Å². The molecule has 4 heteroatoms. The van der Waals surface area contributed by atoms with E-state index in [1.165, 1.54) is 0 Å². The molecule has 0 spiro atoms. The van der Waals surface area contributed by atoms with E-state index >= 15 is 0 Å². The fraction of sp³-hybridized carbons (Fsp3) is 0.900. The minimum absolute atomic E-state index is 0.0123. The van der Waals surface area contributed by atoms with Crippen molar-refractivity contribution in [3.8, 4) is 0 Å². The monoisotopic (exact) mass is 201 g/mol. The van der Waals surface area contributed by atoms with Crippen LogP contribution in [-0.4, -0.2) is 36.4 Å². The van der Waals surface area contributed by atoms with Gasteiger partial charge in [0.15, 0.2) is 0 Å². The van der Waals surface area contributed by atoms with Crippen LogP contribution in [0.15, 0.2) is 0 Å². The fourth-order valence-electron chi connectivity index (χ4n) is 2.02. The van der Waals surface area contributed by atoms with Crippen LogP contribution < -0.4 is 5.32 Å². The molecule has 1 saturated heterocycles. The van der Waals surface area contributed by atoms with Crippen molar-refractivity contribution in [1.29, 1.82) is 0 Å². The summed E-state index contributed by atoms with van der Waals surface area (Å²) >= 11 is 0. The van der Waals surface area contributed by atoms with Gasteiger partial charge in [-0.05, 0) is 32.6 Å². The van der Waals surface area contributed by atoms with Crippen molar-refractivity contribution in [3.63, 3.8) is 0 Å². The van der Waals surface area contributed by atoms with Crippen molar-refractivity contribution in [3.05, 3.63) is 0 Å². The van der Waals surface area contributed by atoms with E-state index in [-0.39, 0.29) is 11.6 Å². The quantitative estimate of drug-likeness (QED) is 0.652. The summed E-state index contributed by atoms with van der Waals surface area (Å²) in [6, 6.07) is -0.359. The molecular weight excluding hydrogens is 182 g/mol. The largest absolute Gasteiger partial charge is 0.480 e. The van der Waals surface area contributed by atoms with Gasteiger partial charge >= 0.3 is 5.97 Å². The molecule has 0 saturated carbocycles. The summed E-state index contributed by atoms with van der Waals surface area (Å²) in [5.41, 5.74) is -0.0123. The predicted molar refractivity (Wildman–Crippen MR) is 53.3 cm³/mol. The van der Waals surface area contributed by atoms with Crippen LogP contribution >= 0.6 is 0 Å². The minimum atomic E-state index is -0.736. The van der Waals surface area contributed by atoms with Crippen molar-refractivity contribution in [1.82, 2.24) is 5.32 Å². The molecule has 2 N–H and O–H groups in total. The molecule has 2 unspecified atom stereocenters.